The molecule has 2 aromatic carbocycles. The Bertz CT molecular complexity index is 1620. The third-order valence-electron chi connectivity index (χ3n) is 8.88. The molecule has 7 rings (SSSR count). The van der Waals surface area contributed by atoms with Crippen LogP contribution in [0.2, 0.25) is 0 Å². The van der Waals surface area contributed by atoms with Crippen molar-refractivity contribution >= 4 is 23.6 Å². The molecule has 2 aromatic heterocycles. The second-order valence-electron chi connectivity index (χ2n) is 11.4. The van der Waals surface area contributed by atoms with E-state index in [4.69, 9.17) is 5.73 Å². The number of aliphatic carboxylic acids is 1. The maximum Gasteiger partial charge on any atom is 0.320 e. The Morgan fingerprint density at radius 2 is 1.73 bits per heavy atom. The molecule has 0 saturated carbocycles. The van der Waals surface area contributed by atoms with Gasteiger partial charge in [0, 0.05) is 17.3 Å². The normalized spacial score (nSPS) is 20.4. The first-order valence-electron chi connectivity index (χ1n) is 14.6. The van der Waals surface area contributed by atoms with Crippen LogP contribution in [0.4, 0.5) is 17.6 Å². The molecule has 0 amide bonds. The number of nitrogen functional groups attached to an aromatic ring is 1. The minimum Gasteiger partial charge on any atom is -0.480 e. The number of hydrogen-bond acceptors (Lipinski definition) is 8. The first kappa shape index (κ1) is 25.6. The fourth-order valence-corrected chi connectivity index (χ4v) is 6.84. The number of carboxylic acid groups (broad SMARTS) is 1. The summed E-state index contributed by atoms with van der Waals surface area (Å²) in [5, 5.41) is 26.6. The summed E-state index contributed by atoms with van der Waals surface area (Å²) in [6, 6.07) is 16.7. The van der Waals surface area contributed by atoms with Gasteiger partial charge >= 0.3 is 5.97 Å². The van der Waals surface area contributed by atoms with E-state index < -0.39 is 5.97 Å². The number of rotatable bonds is 5. The Labute approximate surface area is 238 Å². The molecule has 4 aromatic rings. The number of nitrogens with one attached hydrogen (secondary N) is 1. The van der Waals surface area contributed by atoms with Crippen LogP contribution >= 0.6 is 0 Å². The monoisotopic (exact) mass is 550 g/mol. The molecule has 3 heterocycles. The summed E-state index contributed by atoms with van der Waals surface area (Å²) >= 11 is 0. The van der Waals surface area contributed by atoms with Gasteiger partial charge in [0.05, 0.1) is 5.69 Å². The first-order valence-corrected chi connectivity index (χ1v) is 14.6. The van der Waals surface area contributed by atoms with Crippen LogP contribution in [-0.4, -0.2) is 59.6 Å². The van der Waals surface area contributed by atoms with Crippen molar-refractivity contribution in [2.75, 3.05) is 17.6 Å². The Morgan fingerprint density at radius 3 is 2.61 bits per heavy atom. The van der Waals surface area contributed by atoms with Crippen molar-refractivity contribution in [1.82, 2.24) is 29.9 Å². The van der Waals surface area contributed by atoms with Crippen LogP contribution in [0.1, 0.15) is 54.4 Å². The number of carboxylic acids is 1. The highest BCUT2D eigenvalue weighted by Crippen LogP contribution is 2.33. The van der Waals surface area contributed by atoms with E-state index in [0.717, 1.165) is 86.8 Å². The van der Waals surface area contributed by atoms with Gasteiger partial charge in [0.1, 0.15) is 6.04 Å². The molecule has 4 N–H and O–H groups in total. The topological polar surface area (TPSA) is 135 Å². The number of nitrogens with two attached hydrogens (primary N) is 1. The Hall–Kier alpha value is -4.31. The number of carbonyl (C=O) groups is 1. The lowest BCUT2D eigenvalue weighted by atomic mass is 10.0. The largest absolute Gasteiger partial charge is 0.480 e. The van der Waals surface area contributed by atoms with Crippen molar-refractivity contribution < 1.29 is 9.90 Å². The zero-order valence-corrected chi connectivity index (χ0v) is 23.0. The van der Waals surface area contributed by atoms with Gasteiger partial charge in [0.2, 0.25) is 11.9 Å². The van der Waals surface area contributed by atoms with E-state index in [-0.39, 0.29) is 12.0 Å². The lowest BCUT2D eigenvalue weighted by Gasteiger charge is -2.30. The second-order valence-corrected chi connectivity index (χ2v) is 11.4. The third-order valence-corrected chi connectivity index (χ3v) is 8.88. The summed E-state index contributed by atoms with van der Waals surface area (Å²) in [5.41, 5.74) is 14.3. The average Bonchev–Trinajstić information content (AvgIpc) is 3.49. The molecule has 0 bridgehead atoms. The van der Waals surface area contributed by atoms with Gasteiger partial charge in [-0.15, -0.1) is 15.3 Å². The zero-order chi connectivity index (χ0) is 27.9. The van der Waals surface area contributed by atoms with Gasteiger partial charge in [0.25, 0.3) is 0 Å². The number of aryl methyl sites for hydroxylation is 4. The average molecular weight is 551 g/mol. The summed E-state index contributed by atoms with van der Waals surface area (Å²) in [6.45, 7) is 0.877. The fourth-order valence-electron chi connectivity index (χ4n) is 6.84. The van der Waals surface area contributed by atoms with Crippen molar-refractivity contribution in [2.24, 2.45) is 0 Å². The highest BCUT2D eigenvalue weighted by Gasteiger charge is 2.35. The van der Waals surface area contributed by atoms with Gasteiger partial charge in [-0.3, -0.25) is 9.69 Å². The maximum absolute atomic E-state index is 11.7. The standard InChI is InChI=1S/C31H34N8O2/c32-30-34-31(37-39(30)27-18-22-7-3-6-20-5-1-2-8-25(20)28(22)36-35-27)33-23-13-10-19-11-14-24(15-12-21(19)17-23)38-16-4-9-26(38)29(40)41/h1-2,5,8,10,13,17-18,24,26H,3-4,6-7,9,11-12,14-16H2,(H,40,41)(H3,32,33,34,37)/t24?,26-/m0/s1. The molecule has 10 heteroatoms. The minimum atomic E-state index is -0.691. The van der Waals surface area contributed by atoms with E-state index in [2.05, 4.69) is 60.8 Å². The summed E-state index contributed by atoms with van der Waals surface area (Å²) in [4.78, 5) is 18.4. The van der Waals surface area contributed by atoms with Crippen molar-refractivity contribution in [1.29, 1.82) is 0 Å². The summed E-state index contributed by atoms with van der Waals surface area (Å²) < 4.78 is 1.54. The van der Waals surface area contributed by atoms with Crippen molar-refractivity contribution in [3.05, 3.63) is 70.8 Å². The fraction of sp³-hybridized carbons (Fsp3) is 0.387. The van der Waals surface area contributed by atoms with Crippen molar-refractivity contribution in [3.63, 3.8) is 0 Å². The smallest absolute Gasteiger partial charge is 0.320 e. The molecule has 1 saturated heterocycles. The molecule has 41 heavy (non-hydrogen) atoms. The number of nitrogens with zero attached hydrogens (tertiary/aromatic N) is 6. The van der Waals surface area contributed by atoms with E-state index in [1.165, 1.54) is 21.4 Å². The van der Waals surface area contributed by atoms with Crippen LogP contribution in [0.15, 0.2) is 48.5 Å². The molecule has 2 aliphatic carbocycles. The highest BCUT2D eigenvalue weighted by molar-refractivity contribution is 5.74. The van der Waals surface area contributed by atoms with Crippen LogP contribution in [0.25, 0.3) is 17.1 Å². The van der Waals surface area contributed by atoms with E-state index in [1.54, 1.807) is 0 Å². The zero-order valence-electron chi connectivity index (χ0n) is 23.0. The molecule has 210 valence electrons. The van der Waals surface area contributed by atoms with E-state index in [0.29, 0.717) is 17.8 Å². The predicted molar refractivity (Wildman–Crippen MR) is 156 cm³/mol. The predicted octanol–water partition coefficient (Wildman–Crippen LogP) is 4.34. The first-order chi connectivity index (χ1) is 20.0. The molecule has 1 unspecified atom stereocenters. The van der Waals surface area contributed by atoms with Crippen LogP contribution in [0.5, 0.6) is 0 Å². The molecule has 10 nitrogen and oxygen atoms in total. The van der Waals surface area contributed by atoms with Crippen LogP contribution in [0.3, 0.4) is 0 Å². The Morgan fingerprint density at radius 1 is 0.902 bits per heavy atom. The molecular weight excluding hydrogens is 516 g/mol. The summed E-state index contributed by atoms with van der Waals surface area (Å²) in [5.74, 6) is 0.504. The number of anilines is 3. The number of hydrogen-bond donors (Lipinski definition) is 3. The quantitative estimate of drug-likeness (QED) is 0.310. The minimum absolute atomic E-state index is 0.243. The van der Waals surface area contributed by atoms with E-state index in [9.17, 15) is 9.90 Å². The molecule has 0 spiro atoms. The van der Waals surface area contributed by atoms with Crippen molar-refractivity contribution in [2.45, 2.75) is 69.9 Å². The number of likely N-dealkylation sites (tertiary alicyclic amines) is 1. The summed E-state index contributed by atoms with van der Waals surface area (Å²) in [6.07, 6.45) is 8.50. The molecule has 0 radical (unpaired) electrons. The number of aromatic nitrogens is 5. The van der Waals surface area contributed by atoms with Gasteiger partial charge in [-0.25, -0.2) is 0 Å². The molecule has 2 atom stereocenters. The second kappa shape index (κ2) is 10.6. The Balaban J connectivity index is 1.08. The lowest BCUT2D eigenvalue weighted by Crippen LogP contribution is -2.43. The Kier molecular flexibility index (Phi) is 6.62. The third kappa shape index (κ3) is 4.93. The maximum atomic E-state index is 11.7. The van der Waals surface area contributed by atoms with Gasteiger partial charge in [0.15, 0.2) is 5.82 Å². The SMILES string of the molecule is Nc1nc(Nc2ccc3c(c2)CCC(N2CCC[C@H]2C(=O)O)CC3)nn1-c1cc2c(nn1)-c1ccccc1CCC2. The number of fused-ring (bicyclic) bond motifs is 4. The van der Waals surface area contributed by atoms with Gasteiger partial charge in [-0.05, 0) is 105 Å². The van der Waals surface area contributed by atoms with Crippen LogP contribution < -0.4 is 11.1 Å². The molecular formula is C31H34N8O2. The molecule has 1 fully saturated rings. The van der Waals surface area contributed by atoms with E-state index in [1.807, 2.05) is 18.2 Å². The van der Waals surface area contributed by atoms with Gasteiger partial charge in [-0.1, -0.05) is 30.3 Å². The molecule has 3 aliphatic rings. The summed E-state index contributed by atoms with van der Waals surface area (Å²) in [7, 11) is 0. The van der Waals surface area contributed by atoms with E-state index >= 15 is 0 Å². The highest BCUT2D eigenvalue weighted by atomic mass is 16.4. The van der Waals surface area contributed by atoms with Crippen LogP contribution in [-0.2, 0) is 30.5 Å². The van der Waals surface area contributed by atoms with Gasteiger partial charge < -0.3 is 16.2 Å². The number of benzene rings is 2. The van der Waals surface area contributed by atoms with Crippen molar-refractivity contribution in [3.8, 4) is 17.1 Å². The van der Waals surface area contributed by atoms with Gasteiger partial charge in [-0.2, -0.15) is 9.67 Å². The van der Waals surface area contributed by atoms with Crippen LogP contribution in [0, 0.1) is 0 Å². The lowest BCUT2D eigenvalue weighted by molar-refractivity contribution is -0.143. The molecule has 1 aliphatic heterocycles.